The molecule has 0 aliphatic carbocycles. The van der Waals surface area contributed by atoms with E-state index < -0.39 is 6.10 Å². The number of nitrogens with one attached hydrogen (secondary N) is 1. The number of hydrogen-bond acceptors (Lipinski definition) is 3. The fraction of sp³-hybridized carbons (Fsp3) is 0.588. The number of benzene rings is 1. The van der Waals surface area contributed by atoms with E-state index >= 15 is 0 Å². The van der Waals surface area contributed by atoms with Crippen molar-refractivity contribution in [2.24, 2.45) is 0 Å². The second kappa shape index (κ2) is 8.53. The maximum atomic E-state index is 12.3. The van der Waals surface area contributed by atoms with Crippen LogP contribution in [0.15, 0.2) is 28.7 Å². The van der Waals surface area contributed by atoms with Crippen LogP contribution in [0.3, 0.4) is 0 Å². The number of amides is 1. The Bertz CT molecular complexity index is 487. The standard InChI is InChI=1S/C17H25BrN2O2/c1-3-10-20-11-8-14(9-12-20)19-17(21)13(2)22-16-7-5-4-6-15(16)18/h4-7,13-14H,3,8-12H2,1-2H3,(H,19,21)/t13-/m0/s1. The van der Waals surface area contributed by atoms with Crippen molar-refractivity contribution in [3.8, 4) is 5.75 Å². The smallest absolute Gasteiger partial charge is 0.260 e. The van der Waals surface area contributed by atoms with E-state index in [1.54, 1.807) is 6.92 Å². The van der Waals surface area contributed by atoms with E-state index in [0.717, 1.165) is 36.9 Å². The first-order chi connectivity index (χ1) is 10.6. The van der Waals surface area contributed by atoms with Gasteiger partial charge in [-0.2, -0.15) is 0 Å². The second-order valence-electron chi connectivity index (χ2n) is 5.82. The van der Waals surface area contributed by atoms with Crippen LogP contribution in [0.2, 0.25) is 0 Å². The minimum absolute atomic E-state index is 0.0373. The van der Waals surface area contributed by atoms with Crippen LogP contribution in [0.4, 0.5) is 0 Å². The number of carbonyl (C=O) groups excluding carboxylic acids is 1. The zero-order valence-electron chi connectivity index (χ0n) is 13.3. The zero-order valence-corrected chi connectivity index (χ0v) is 14.9. The second-order valence-corrected chi connectivity index (χ2v) is 6.67. The lowest BCUT2D eigenvalue weighted by molar-refractivity contribution is -0.128. The van der Waals surface area contributed by atoms with Crippen LogP contribution < -0.4 is 10.1 Å². The molecule has 1 aliphatic heterocycles. The molecule has 0 saturated carbocycles. The lowest BCUT2D eigenvalue weighted by Crippen LogP contribution is -2.48. The summed E-state index contributed by atoms with van der Waals surface area (Å²) < 4.78 is 6.60. The number of carbonyl (C=O) groups is 1. The number of para-hydroxylation sites is 1. The summed E-state index contributed by atoms with van der Waals surface area (Å²) >= 11 is 3.43. The highest BCUT2D eigenvalue weighted by Crippen LogP contribution is 2.24. The molecule has 4 nitrogen and oxygen atoms in total. The van der Waals surface area contributed by atoms with Crippen LogP contribution in [-0.2, 0) is 4.79 Å². The summed E-state index contributed by atoms with van der Waals surface area (Å²) in [4.78, 5) is 14.7. The van der Waals surface area contributed by atoms with E-state index in [1.807, 2.05) is 24.3 Å². The molecule has 1 aromatic carbocycles. The van der Waals surface area contributed by atoms with Gasteiger partial charge in [-0.25, -0.2) is 0 Å². The van der Waals surface area contributed by atoms with Crippen molar-refractivity contribution in [1.29, 1.82) is 0 Å². The third-order valence-electron chi connectivity index (χ3n) is 3.98. The number of ether oxygens (including phenoxy) is 1. The van der Waals surface area contributed by atoms with Gasteiger partial charge in [0.1, 0.15) is 5.75 Å². The molecule has 1 aliphatic rings. The molecule has 1 fully saturated rings. The van der Waals surface area contributed by atoms with Gasteiger partial charge in [0.2, 0.25) is 0 Å². The third-order valence-corrected chi connectivity index (χ3v) is 4.64. The van der Waals surface area contributed by atoms with Crippen molar-refractivity contribution in [3.05, 3.63) is 28.7 Å². The predicted molar refractivity (Wildman–Crippen MR) is 92.1 cm³/mol. The van der Waals surface area contributed by atoms with Crippen molar-refractivity contribution >= 4 is 21.8 Å². The minimum Gasteiger partial charge on any atom is -0.480 e. The lowest BCUT2D eigenvalue weighted by atomic mass is 10.0. The van der Waals surface area contributed by atoms with Gasteiger partial charge in [0.05, 0.1) is 4.47 Å². The number of likely N-dealkylation sites (tertiary alicyclic amines) is 1. The fourth-order valence-corrected chi connectivity index (χ4v) is 3.10. The Labute approximate surface area is 141 Å². The highest BCUT2D eigenvalue weighted by atomic mass is 79.9. The van der Waals surface area contributed by atoms with Crippen LogP contribution in [0.1, 0.15) is 33.1 Å². The van der Waals surface area contributed by atoms with E-state index in [0.29, 0.717) is 5.75 Å². The van der Waals surface area contributed by atoms with Crippen LogP contribution in [0.25, 0.3) is 0 Å². The summed E-state index contributed by atoms with van der Waals surface area (Å²) in [5.41, 5.74) is 0. The van der Waals surface area contributed by atoms with Gasteiger partial charge in [-0.15, -0.1) is 0 Å². The van der Waals surface area contributed by atoms with Gasteiger partial charge >= 0.3 is 0 Å². The largest absolute Gasteiger partial charge is 0.480 e. The van der Waals surface area contributed by atoms with Crippen molar-refractivity contribution in [1.82, 2.24) is 10.2 Å². The molecule has 1 aromatic rings. The van der Waals surface area contributed by atoms with Gasteiger partial charge in [0.25, 0.3) is 5.91 Å². The molecule has 5 heteroatoms. The van der Waals surface area contributed by atoms with Gasteiger partial charge in [0, 0.05) is 19.1 Å². The highest BCUT2D eigenvalue weighted by Gasteiger charge is 2.23. The Hall–Kier alpha value is -1.07. The molecule has 0 bridgehead atoms. The molecule has 0 radical (unpaired) electrons. The normalized spacial score (nSPS) is 18.0. The molecule has 1 heterocycles. The highest BCUT2D eigenvalue weighted by molar-refractivity contribution is 9.10. The summed E-state index contributed by atoms with van der Waals surface area (Å²) in [6.45, 7) is 7.29. The molecule has 0 aromatic heterocycles. The molecule has 1 saturated heterocycles. The Morgan fingerprint density at radius 2 is 2.09 bits per heavy atom. The molecule has 0 unspecified atom stereocenters. The molecule has 1 atom stereocenters. The molecular weight excluding hydrogens is 344 g/mol. The van der Waals surface area contributed by atoms with Crippen molar-refractivity contribution in [3.63, 3.8) is 0 Å². The number of nitrogens with zero attached hydrogens (tertiary/aromatic N) is 1. The number of piperidine rings is 1. The molecule has 2 rings (SSSR count). The molecule has 122 valence electrons. The van der Waals surface area contributed by atoms with E-state index in [4.69, 9.17) is 4.74 Å². The van der Waals surface area contributed by atoms with Crippen LogP contribution >= 0.6 is 15.9 Å². The van der Waals surface area contributed by atoms with Gasteiger partial charge in [-0.3, -0.25) is 4.79 Å². The van der Waals surface area contributed by atoms with Gasteiger partial charge in [-0.05, 0) is 60.8 Å². The Morgan fingerprint density at radius 1 is 1.41 bits per heavy atom. The van der Waals surface area contributed by atoms with E-state index in [9.17, 15) is 4.79 Å². The SMILES string of the molecule is CCCN1CCC(NC(=O)[C@H](C)Oc2ccccc2Br)CC1. The molecular formula is C17H25BrN2O2. The number of rotatable bonds is 6. The third kappa shape index (κ3) is 4.99. The van der Waals surface area contributed by atoms with Crippen LogP contribution in [0, 0.1) is 0 Å². The molecule has 0 spiro atoms. The first-order valence-corrected chi connectivity index (χ1v) is 8.83. The monoisotopic (exact) mass is 368 g/mol. The van der Waals surface area contributed by atoms with Crippen molar-refractivity contribution < 1.29 is 9.53 Å². The minimum atomic E-state index is -0.493. The predicted octanol–water partition coefficient (Wildman–Crippen LogP) is 3.21. The Kier molecular flexibility index (Phi) is 6.70. The number of hydrogen-bond donors (Lipinski definition) is 1. The maximum Gasteiger partial charge on any atom is 0.260 e. The van der Waals surface area contributed by atoms with Crippen LogP contribution in [0.5, 0.6) is 5.75 Å². The summed E-state index contributed by atoms with van der Waals surface area (Å²) in [6, 6.07) is 7.85. The van der Waals surface area contributed by atoms with E-state index in [2.05, 4.69) is 33.1 Å². The Balaban J connectivity index is 1.79. The van der Waals surface area contributed by atoms with E-state index in [1.165, 1.54) is 6.42 Å². The van der Waals surface area contributed by atoms with Gasteiger partial charge in [-0.1, -0.05) is 19.1 Å². The topological polar surface area (TPSA) is 41.6 Å². The fourth-order valence-electron chi connectivity index (χ4n) is 2.72. The zero-order chi connectivity index (χ0) is 15.9. The average Bonchev–Trinajstić information content (AvgIpc) is 2.51. The average molecular weight is 369 g/mol. The maximum absolute atomic E-state index is 12.3. The molecule has 22 heavy (non-hydrogen) atoms. The quantitative estimate of drug-likeness (QED) is 0.837. The first-order valence-electron chi connectivity index (χ1n) is 8.04. The number of halogens is 1. The summed E-state index contributed by atoms with van der Waals surface area (Å²) in [7, 11) is 0. The summed E-state index contributed by atoms with van der Waals surface area (Å²) in [5, 5.41) is 3.12. The Morgan fingerprint density at radius 3 is 2.73 bits per heavy atom. The lowest BCUT2D eigenvalue weighted by Gasteiger charge is -2.32. The summed E-state index contributed by atoms with van der Waals surface area (Å²) in [6.07, 6.45) is 2.74. The van der Waals surface area contributed by atoms with Gasteiger partial charge < -0.3 is 15.0 Å². The first kappa shape index (κ1) is 17.3. The van der Waals surface area contributed by atoms with E-state index in [-0.39, 0.29) is 11.9 Å². The molecule has 1 N–H and O–H groups in total. The van der Waals surface area contributed by atoms with Crippen molar-refractivity contribution in [2.45, 2.75) is 45.3 Å². The van der Waals surface area contributed by atoms with Crippen LogP contribution in [-0.4, -0.2) is 42.6 Å². The summed E-state index contributed by atoms with van der Waals surface area (Å²) in [5.74, 6) is 0.660. The van der Waals surface area contributed by atoms with Crippen molar-refractivity contribution in [2.75, 3.05) is 19.6 Å². The van der Waals surface area contributed by atoms with Gasteiger partial charge in [0.15, 0.2) is 6.10 Å². The molecule has 1 amide bonds.